The number of aromatic amines is 3. The molecule has 3 heterocycles. The zero-order valence-corrected chi connectivity index (χ0v) is 45.0. The molecule has 10 N–H and O–H groups in total. The molecule has 0 aliphatic heterocycles. The van der Waals surface area contributed by atoms with Crippen LogP contribution >= 0.6 is 0 Å². The maximum absolute atomic E-state index is 12.7. The summed E-state index contributed by atoms with van der Waals surface area (Å²) in [5.41, 5.74) is 7.56. The lowest BCUT2D eigenvalue weighted by Crippen LogP contribution is -2.45. The minimum absolute atomic E-state index is 0.0801. The third kappa shape index (κ3) is 19.1. The van der Waals surface area contributed by atoms with Crippen molar-refractivity contribution in [1.29, 1.82) is 0 Å². The van der Waals surface area contributed by atoms with E-state index in [1.807, 2.05) is 113 Å². The predicted molar refractivity (Wildman–Crippen MR) is 285 cm³/mol. The average molecular weight is 1030 g/mol. The van der Waals surface area contributed by atoms with Crippen LogP contribution in [0.5, 0.6) is 17.2 Å². The van der Waals surface area contributed by atoms with Gasteiger partial charge in [-0.1, -0.05) is 59.7 Å². The molecule has 0 aliphatic carbocycles. The van der Waals surface area contributed by atoms with Crippen LogP contribution in [0.4, 0.5) is 0 Å². The Morgan fingerprint density at radius 2 is 0.932 bits per heavy atom. The number of esters is 2. The fraction of sp³-hybridized carbons (Fsp3) is 0.455. The predicted octanol–water partition coefficient (Wildman–Crippen LogP) is 9.34. The van der Waals surface area contributed by atoms with Crippen molar-refractivity contribution in [1.82, 2.24) is 25.6 Å². The van der Waals surface area contributed by atoms with Gasteiger partial charge in [-0.15, -0.1) is 0 Å². The van der Waals surface area contributed by atoms with E-state index in [0.717, 1.165) is 21.8 Å². The molecule has 6 aromatic rings. The molecule has 0 unspecified atom stereocenters. The highest BCUT2D eigenvalue weighted by atomic mass is 16.6. The Kier molecular flexibility index (Phi) is 22.1. The molecule has 0 bridgehead atoms. The van der Waals surface area contributed by atoms with Gasteiger partial charge in [0.25, 0.3) is 11.8 Å². The molecule has 0 saturated heterocycles. The van der Waals surface area contributed by atoms with Gasteiger partial charge in [-0.3, -0.25) is 14.4 Å². The van der Waals surface area contributed by atoms with Crippen LogP contribution in [-0.2, 0) is 23.9 Å². The summed E-state index contributed by atoms with van der Waals surface area (Å²) in [5.74, 6) is -1.33. The number of hydrogen-bond acceptors (Lipinski definition) is 12. The number of nitrogens with two attached hydrogens (primary N) is 1. The number of carbonyl (C=O) groups excluding carboxylic acids is 4. The van der Waals surface area contributed by atoms with Gasteiger partial charge in [0.2, 0.25) is 0 Å². The quantitative estimate of drug-likeness (QED) is 0.0408. The van der Waals surface area contributed by atoms with Crippen molar-refractivity contribution >= 4 is 68.4 Å². The van der Waals surface area contributed by atoms with Crippen LogP contribution in [0.3, 0.4) is 0 Å². The summed E-state index contributed by atoms with van der Waals surface area (Å²) < 4.78 is 21.2. The molecule has 2 amide bonds. The minimum Gasteiger partial charge on any atom is -0.507 e. The normalized spacial score (nSPS) is 12.6. The summed E-state index contributed by atoms with van der Waals surface area (Å²) >= 11 is 0. The Hall–Kier alpha value is -7.54. The number of aromatic nitrogens is 3. The Morgan fingerprint density at radius 1 is 0.554 bits per heavy atom. The summed E-state index contributed by atoms with van der Waals surface area (Å²) in [6.45, 7) is 22.8. The topological polar surface area (TPSA) is 297 Å². The Labute approximate surface area is 432 Å². The van der Waals surface area contributed by atoms with Crippen LogP contribution in [0.15, 0.2) is 72.8 Å². The lowest BCUT2D eigenvalue weighted by molar-refractivity contribution is -0.158. The molecule has 19 heteroatoms. The van der Waals surface area contributed by atoms with Crippen LogP contribution in [0.2, 0.25) is 0 Å². The summed E-state index contributed by atoms with van der Waals surface area (Å²) in [4.78, 5) is 79.3. The van der Waals surface area contributed by atoms with Gasteiger partial charge < -0.3 is 65.6 Å². The van der Waals surface area contributed by atoms with Gasteiger partial charge in [-0.05, 0) is 133 Å². The van der Waals surface area contributed by atoms with E-state index < -0.39 is 53.1 Å². The number of methoxy groups -OCH3 is 2. The Balaban J connectivity index is 0.000000272. The second-order valence-corrected chi connectivity index (χ2v) is 20.9. The summed E-state index contributed by atoms with van der Waals surface area (Å²) in [5, 5.41) is 34.7. The number of aliphatic carboxylic acids is 1. The highest BCUT2D eigenvalue weighted by molar-refractivity contribution is 6.02. The minimum atomic E-state index is -1.03. The fourth-order valence-corrected chi connectivity index (χ4v) is 7.31. The molecule has 3 atom stereocenters. The maximum Gasteiger partial charge on any atom is 0.352 e. The number of nitrogens with one attached hydrogen (secondary N) is 5. The monoisotopic (exact) mass is 1030 g/mol. The molecule has 3 aromatic heterocycles. The lowest BCUT2D eigenvalue weighted by atomic mass is 10.0. The summed E-state index contributed by atoms with van der Waals surface area (Å²) in [6.07, 6.45) is 1.56. The molecular weight excluding hydrogens is 953 g/mol. The molecular formula is C55H76N6O13. The summed E-state index contributed by atoms with van der Waals surface area (Å²) in [7, 11) is 3.15. The molecule has 0 aliphatic rings. The van der Waals surface area contributed by atoms with Crippen LogP contribution < -0.4 is 25.8 Å². The number of carboxylic acid groups (broad SMARTS) is 2. The van der Waals surface area contributed by atoms with E-state index in [1.165, 1.54) is 12.1 Å². The third-order valence-electron chi connectivity index (χ3n) is 10.5. The van der Waals surface area contributed by atoms with Crippen LogP contribution in [0.25, 0.3) is 32.7 Å². The lowest BCUT2D eigenvalue weighted by Gasteiger charge is -2.25. The number of phenols is 1. The number of aromatic hydroxyl groups is 1. The number of benzene rings is 3. The van der Waals surface area contributed by atoms with E-state index in [1.54, 1.807) is 44.6 Å². The molecule has 6 rings (SSSR count). The van der Waals surface area contributed by atoms with Crippen molar-refractivity contribution in [2.75, 3.05) is 14.2 Å². The van der Waals surface area contributed by atoms with E-state index >= 15 is 0 Å². The Bertz CT molecular complexity index is 2840. The molecule has 19 nitrogen and oxygen atoms in total. The van der Waals surface area contributed by atoms with Crippen molar-refractivity contribution in [3.8, 4) is 17.2 Å². The zero-order valence-electron chi connectivity index (χ0n) is 45.0. The first-order valence-electron chi connectivity index (χ1n) is 24.3. The number of aromatic carboxylic acids is 1. The van der Waals surface area contributed by atoms with Crippen LogP contribution in [-0.4, -0.2) is 110 Å². The SMILES string of the molecule is CC(C)C[C@H](N)C(=O)OC(C)(C)C.COc1cccc2[nH]c(C(=O)N[C@@H](CC(C)C)C(=O)O)cc12.COc1cccc2[nH]c(C(=O)N[C@@H](CC(C)C)C(=O)OC(C)(C)C)cc12.O=C(O)c1cc2c(O)cccc2[nH]1. The van der Waals surface area contributed by atoms with E-state index in [4.69, 9.17) is 29.8 Å². The number of phenolic OH excluding ortho intramolecular Hbond substituents is 1. The van der Waals surface area contributed by atoms with Crippen LogP contribution in [0.1, 0.15) is 134 Å². The zero-order chi connectivity index (χ0) is 55.8. The number of carboxylic acids is 2. The first kappa shape index (κ1) is 60.8. The highest BCUT2D eigenvalue weighted by Crippen LogP contribution is 2.28. The van der Waals surface area contributed by atoms with Gasteiger partial charge in [0.15, 0.2) is 0 Å². The van der Waals surface area contributed by atoms with E-state index in [0.29, 0.717) is 59.0 Å². The standard InChI is InChI=1S/C20H28N2O4.C16H20N2O4.C10H21NO2.C9H7NO3/c1-12(2)10-16(19(24)26-20(3,4)5)22-18(23)15-11-13-14(21-15)8-7-9-17(13)25-6;1-9(2)7-13(16(20)21)18-15(19)12-8-10-11(17-12)5-4-6-14(10)22-3;1-7(2)6-8(11)9(12)13-10(3,4)5;11-8-3-1-2-6-5(8)4-7(10-6)9(12)13/h7-9,11-12,16,21H,10H2,1-6H3,(H,22,23);4-6,8-9,13,17H,7H2,1-3H3,(H,18,19)(H,20,21);7-8H,6,11H2,1-5H3;1-4,10-11H,(H,12,13)/t16-;13-;8-;/m000./s1. The molecule has 0 saturated carbocycles. The van der Waals surface area contributed by atoms with Crippen LogP contribution in [0, 0.1) is 17.8 Å². The van der Waals surface area contributed by atoms with Gasteiger partial charge >= 0.3 is 23.9 Å². The smallest absolute Gasteiger partial charge is 0.352 e. The van der Waals surface area contributed by atoms with Crippen molar-refractivity contribution in [3.63, 3.8) is 0 Å². The molecule has 404 valence electrons. The van der Waals surface area contributed by atoms with Gasteiger partial charge in [-0.2, -0.15) is 0 Å². The van der Waals surface area contributed by atoms with E-state index in [9.17, 15) is 39.0 Å². The second kappa shape index (κ2) is 27.0. The fourth-order valence-electron chi connectivity index (χ4n) is 7.31. The number of ether oxygens (including phenoxy) is 4. The highest BCUT2D eigenvalue weighted by Gasteiger charge is 2.29. The van der Waals surface area contributed by atoms with Crippen molar-refractivity contribution in [2.45, 2.75) is 132 Å². The molecule has 3 aromatic carbocycles. The van der Waals surface area contributed by atoms with E-state index in [-0.39, 0.29) is 35.2 Å². The van der Waals surface area contributed by atoms with Gasteiger partial charge in [0, 0.05) is 32.7 Å². The first-order chi connectivity index (χ1) is 34.4. The molecule has 74 heavy (non-hydrogen) atoms. The van der Waals surface area contributed by atoms with Gasteiger partial charge in [0.1, 0.15) is 63.7 Å². The number of hydrogen-bond donors (Lipinski definition) is 9. The number of amides is 2. The summed E-state index contributed by atoms with van der Waals surface area (Å²) in [6, 6.07) is 18.6. The molecule has 0 fully saturated rings. The van der Waals surface area contributed by atoms with Gasteiger partial charge in [-0.25, -0.2) is 14.4 Å². The number of fused-ring (bicyclic) bond motifs is 3. The molecule has 0 spiro atoms. The van der Waals surface area contributed by atoms with Gasteiger partial charge in [0.05, 0.1) is 14.2 Å². The third-order valence-corrected chi connectivity index (χ3v) is 10.5. The number of H-pyrrole nitrogens is 3. The average Bonchev–Trinajstić information content (AvgIpc) is 4.06. The van der Waals surface area contributed by atoms with E-state index in [2.05, 4.69) is 25.6 Å². The van der Waals surface area contributed by atoms with Crippen molar-refractivity contribution in [2.24, 2.45) is 23.5 Å². The van der Waals surface area contributed by atoms with Crippen molar-refractivity contribution in [3.05, 3.63) is 89.9 Å². The maximum atomic E-state index is 12.7. The number of carbonyl (C=O) groups is 6. The molecule has 0 radical (unpaired) electrons. The van der Waals surface area contributed by atoms with Crippen molar-refractivity contribution < 1.29 is 63.0 Å². The second-order valence-electron chi connectivity index (χ2n) is 20.9. The first-order valence-corrected chi connectivity index (χ1v) is 24.3. The largest absolute Gasteiger partial charge is 0.507 e. The number of rotatable bonds is 16. The Morgan fingerprint density at radius 3 is 1.32 bits per heavy atom.